The lowest BCUT2D eigenvalue weighted by Crippen LogP contribution is -2.56. The second-order valence-electron chi connectivity index (χ2n) is 8.78. The molecule has 1 heterocycles. The molecule has 34 heavy (non-hydrogen) atoms. The molecule has 0 radical (unpaired) electrons. The highest BCUT2D eigenvalue weighted by atomic mass is 35.6. The number of amides is 2. The first-order chi connectivity index (χ1) is 15.7. The first-order valence-electron chi connectivity index (χ1n) is 10.5. The summed E-state index contributed by atoms with van der Waals surface area (Å²) in [4.78, 5) is 41.2. The summed E-state index contributed by atoms with van der Waals surface area (Å²) >= 11 is 22.7. The highest BCUT2D eigenvalue weighted by Gasteiger charge is 2.38. The molecule has 1 aromatic rings. The van der Waals surface area contributed by atoms with Gasteiger partial charge in [0.25, 0.3) is 0 Å². The monoisotopic (exact) mass is 557 g/mol. The van der Waals surface area contributed by atoms with Crippen LogP contribution < -0.4 is 10.6 Å². The van der Waals surface area contributed by atoms with E-state index in [1.54, 1.807) is 32.9 Å². The number of esters is 1. The van der Waals surface area contributed by atoms with Crippen LogP contribution in [-0.2, 0) is 25.6 Å². The van der Waals surface area contributed by atoms with Gasteiger partial charge in [-0.2, -0.15) is 0 Å². The summed E-state index contributed by atoms with van der Waals surface area (Å²) in [7, 11) is 0. The Kier molecular flexibility index (Phi) is 10.4. The molecular formula is C21H27Cl4N3O6. The Labute approximate surface area is 218 Å². The second kappa shape index (κ2) is 12.3. The molecule has 9 nitrogen and oxygen atoms in total. The van der Waals surface area contributed by atoms with Crippen molar-refractivity contribution < 1.29 is 28.6 Å². The van der Waals surface area contributed by atoms with Crippen LogP contribution in [0.1, 0.15) is 45.7 Å². The number of rotatable bonds is 6. The Bertz CT molecular complexity index is 858. The van der Waals surface area contributed by atoms with E-state index in [-0.39, 0.29) is 13.0 Å². The fraction of sp³-hybridized carbons (Fsp3) is 0.619. The molecule has 2 amide bonds. The van der Waals surface area contributed by atoms with Gasteiger partial charge in [0, 0.05) is 6.20 Å². The molecule has 0 spiro atoms. The van der Waals surface area contributed by atoms with Gasteiger partial charge >= 0.3 is 18.2 Å². The fourth-order valence-corrected chi connectivity index (χ4v) is 3.55. The van der Waals surface area contributed by atoms with Gasteiger partial charge in [0.1, 0.15) is 18.8 Å². The van der Waals surface area contributed by atoms with Crippen LogP contribution in [0.15, 0.2) is 18.3 Å². The summed E-state index contributed by atoms with van der Waals surface area (Å²) in [6.45, 7) is 4.71. The van der Waals surface area contributed by atoms with Gasteiger partial charge in [-0.05, 0) is 52.2 Å². The maximum absolute atomic E-state index is 12.4. The smallest absolute Gasteiger partial charge is 0.407 e. The van der Waals surface area contributed by atoms with Crippen molar-refractivity contribution in [2.45, 2.75) is 68.1 Å². The molecule has 0 aromatic carbocycles. The van der Waals surface area contributed by atoms with E-state index in [4.69, 9.17) is 60.6 Å². The lowest BCUT2D eigenvalue weighted by Gasteiger charge is -2.36. The van der Waals surface area contributed by atoms with Gasteiger partial charge < -0.3 is 24.8 Å². The SMILES string of the molecule is CC(C)(C)OC(=O)N[C@@H]1C[C@@H](C(=O)OCC(Cl)(Cl)Cl)CC[C@@H]1NC(=O)OCc1ccc(Cl)cn1. The van der Waals surface area contributed by atoms with E-state index in [0.717, 1.165) is 0 Å². The maximum Gasteiger partial charge on any atom is 0.407 e. The Balaban J connectivity index is 2.00. The number of hydrogen-bond donors (Lipinski definition) is 2. The molecule has 1 aromatic heterocycles. The topological polar surface area (TPSA) is 116 Å². The molecule has 1 aliphatic rings. The molecule has 0 bridgehead atoms. The van der Waals surface area contributed by atoms with Gasteiger partial charge in [-0.15, -0.1) is 0 Å². The van der Waals surface area contributed by atoms with Gasteiger partial charge in [-0.1, -0.05) is 46.4 Å². The van der Waals surface area contributed by atoms with Crippen molar-refractivity contribution in [2.75, 3.05) is 6.61 Å². The quantitative estimate of drug-likeness (QED) is 0.288. The standard InChI is InChI=1S/C21H27Cl4N3O6/c1-20(2,3)34-19(31)28-16-8-12(17(29)33-11-21(23,24)25)4-7-15(16)27-18(30)32-10-14-6-5-13(22)9-26-14/h5-6,9,12,15-16H,4,7-8,10-11H2,1-3H3,(H,27,30)(H,28,31)/t12-,15-,16+/m0/s1. The Morgan fingerprint density at radius 3 is 2.29 bits per heavy atom. The number of carbonyl (C=O) groups is 3. The summed E-state index contributed by atoms with van der Waals surface area (Å²) in [6.07, 6.45) is 0.995. The van der Waals surface area contributed by atoms with E-state index >= 15 is 0 Å². The molecule has 0 aliphatic heterocycles. The van der Waals surface area contributed by atoms with E-state index in [9.17, 15) is 14.4 Å². The first kappa shape index (κ1) is 28.6. The lowest BCUT2D eigenvalue weighted by molar-refractivity contribution is -0.150. The summed E-state index contributed by atoms with van der Waals surface area (Å²) in [5.74, 6) is -1.13. The normalized spacial score (nSPS) is 20.7. The van der Waals surface area contributed by atoms with Crippen molar-refractivity contribution in [1.82, 2.24) is 15.6 Å². The number of alkyl carbamates (subject to hydrolysis) is 2. The summed E-state index contributed by atoms with van der Waals surface area (Å²) in [5.41, 5.74) is -0.210. The Morgan fingerprint density at radius 1 is 1.03 bits per heavy atom. The van der Waals surface area contributed by atoms with Crippen molar-refractivity contribution >= 4 is 64.6 Å². The molecular weight excluding hydrogens is 532 g/mol. The lowest BCUT2D eigenvalue weighted by atomic mass is 9.82. The van der Waals surface area contributed by atoms with Crippen LogP contribution in [-0.4, -0.2) is 51.2 Å². The minimum Gasteiger partial charge on any atom is -0.461 e. The highest BCUT2D eigenvalue weighted by molar-refractivity contribution is 6.67. The fourth-order valence-electron chi connectivity index (χ4n) is 3.27. The van der Waals surface area contributed by atoms with Crippen LogP contribution in [0, 0.1) is 5.92 Å². The molecule has 0 saturated heterocycles. The third-order valence-electron chi connectivity index (χ3n) is 4.71. The zero-order valence-electron chi connectivity index (χ0n) is 18.9. The highest BCUT2D eigenvalue weighted by Crippen LogP contribution is 2.30. The molecule has 3 atom stereocenters. The molecule has 0 unspecified atom stereocenters. The van der Waals surface area contributed by atoms with Crippen molar-refractivity contribution in [3.63, 3.8) is 0 Å². The van der Waals surface area contributed by atoms with Crippen LogP contribution in [0.3, 0.4) is 0 Å². The maximum atomic E-state index is 12.4. The van der Waals surface area contributed by atoms with Gasteiger partial charge in [-0.25, -0.2) is 9.59 Å². The number of pyridine rings is 1. The number of halogens is 4. The van der Waals surface area contributed by atoms with Crippen LogP contribution in [0.2, 0.25) is 5.02 Å². The number of alkyl halides is 3. The van der Waals surface area contributed by atoms with Gasteiger partial charge in [-0.3, -0.25) is 9.78 Å². The number of aromatic nitrogens is 1. The number of ether oxygens (including phenoxy) is 3. The molecule has 2 N–H and O–H groups in total. The predicted octanol–water partition coefficient (Wildman–Crippen LogP) is 4.94. The molecule has 1 fully saturated rings. The average Bonchev–Trinajstić information content (AvgIpc) is 2.71. The van der Waals surface area contributed by atoms with E-state index in [0.29, 0.717) is 23.6 Å². The molecule has 1 aliphatic carbocycles. The molecule has 190 valence electrons. The minimum absolute atomic E-state index is 0.0636. The van der Waals surface area contributed by atoms with Crippen LogP contribution in [0.5, 0.6) is 0 Å². The minimum atomic E-state index is -1.73. The average molecular weight is 559 g/mol. The largest absolute Gasteiger partial charge is 0.461 e. The number of carbonyl (C=O) groups excluding carboxylic acids is 3. The predicted molar refractivity (Wildman–Crippen MR) is 128 cm³/mol. The molecule has 2 rings (SSSR count). The first-order valence-corrected chi connectivity index (χ1v) is 12.0. The van der Waals surface area contributed by atoms with Crippen molar-refractivity contribution in [2.24, 2.45) is 5.92 Å². The molecule has 13 heteroatoms. The van der Waals surface area contributed by atoms with Crippen LogP contribution in [0.4, 0.5) is 9.59 Å². The van der Waals surface area contributed by atoms with Gasteiger partial charge in [0.05, 0.1) is 28.7 Å². The number of nitrogens with zero attached hydrogens (tertiary/aromatic N) is 1. The summed E-state index contributed by atoms with van der Waals surface area (Å²) in [6, 6.07) is 2.12. The Hall–Kier alpha value is -1.68. The van der Waals surface area contributed by atoms with E-state index in [1.807, 2.05) is 0 Å². The second-order valence-corrected chi connectivity index (χ2v) is 11.7. The van der Waals surface area contributed by atoms with E-state index in [1.165, 1.54) is 6.20 Å². The van der Waals surface area contributed by atoms with E-state index in [2.05, 4.69) is 15.6 Å². The van der Waals surface area contributed by atoms with Crippen LogP contribution >= 0.6 is 46.4 Å². The van der Waals surface area contributed by atoms with Crippen molar-refractivity contribution in [3.8, 4) is 0 Å². The van der Waals surface area contributed by atoms with Crippen LogP contribution in [0.25, 0.3) is 0 Å². The zero-order valence-corrected chi connectivity index (χ0v) is 21.9. The van der Waals surface area contributed by atoms with Gasteiger partial charge in [0.15, 0.2) is 0 Å². The summed E-state index contributed by atoms with van der Waals surface area (Å²) in [5, 5.41) is 5.92. The van der Waals surface area contributed by atoms with E-state index < -0.39 is 52.2 Å². The van der Waals surface area contributed by atoms with Crippen molar-refractivity contribution in [1.29, 1.82) is 0 Å². The Morgan fingerprint density at radius 2 is 1.71 bits per heavy atom. The number of nitrogens with one attached hydrogen (secondary N) is 2. The summed E-state index contributed by atoms with van der Waals surface area (Å²) < 4.78 is 13.9. The number of hydrogen-bond acceptors (Lipinski definition) is 7. The third-order valence-corrected chi connectivity index (χ3v) is 5.26. The van der Waals surface area contributed by atoms with Gasteiger partial charge in [0.2, 0.25) is 3.79 Å². The third kappa shape index (κ3) is 10.7. The molecule has 1 saturated carbocycles. The van der Waals surface area contributed by atoms with Crippen molar-refractivity contribution in [3.05, 3.63) is 29.0 Å². The zero-order chi connectivity index (χ0) is 25.5.